The molecule has 0 fully saturated rings. The van der Waals surface area contributed by atoms with E-state index in [4.69, 9.17) is 9.47 Å². The maximum Gasteiger partial charge on any atom is 0.422 e. The average molecular weight is 453 g/mol. The molecule has 0 saturated carbocycles. The van der Waals surface area contributed by atoms with E-state index in [2.05, 4.69) is 20.8 Å². The molecule has 0 bridgehead atoms. The number of amides is 1. The maximum atomic E-state index is 12.4. The number of carbonyl (C=O) groups is 1. The normalized spacial score (nSPS) is 11.2. The van der Waals surface area contributed by atoms with Gasteiger partial charge in [0.15, 0.2) is 6.61 Å². The quantitative estimate of drug-likeness (QED) is 0.497. The number of benzene rings is 2. The number of hydrogen-bond acceptors (Lipinski definition) is 7. The third-order valence-electron chi connectivity index (χ3n) is 3.88. The van der Waals surface area contributed by atoms with Gasteiger partial charge in [-0.25, -0.2) is 4.68 Å². The van der Waals surface area contributed by atoms with Gasteiger partial charge in [0.1, 0.15) is 11.5 Å². The molecule has 0 aliphatic rings. The van der Waals surface area contributed by atoms with Crippen molar-refractivity contribution in [2.24, 2.45) is 0 Å². The van der Waals surface area contributed by atoms with Crippen molar-refractivity contribution in [2.75, 3.05) is 24.8 Å². The van der Waals surface area contributed by atoms with E-state index in [1.165, 1.54) is 18.2 Å². The number of nitrogens with one attached hydrogen (secondary N) is 1. The lowest BCUT2D eigenvalue weighted by Crippen LogP contribution is -2.20. The highest BCUT2D eigenvalue weighted by Gasteiger charge is 2.28. The summed E-state index contributed by atoms with van der Waals surface area (Å²) in [5.41, 5.74) is 1.09. The molecule has 1 N–H and O–H groups in total. The molecule has 0 saturated heterocycles. The average Bonchev–Trinajstić information content (AvgIpc) is 3.18. The Kier molecular flexibility index (Phi) is 7.34. The molecular weight excluding hydrogens is 435 g/mol. The van der Waals surface area contributed by atoms with Crippen molar-refractivity contribution in [1.29, 1.82) is 0 Å². The Morgan fingerprint density at radius 1 is 1.16 bits per heavy atom. The zero-order chi connectivity index (χ0) is 22.3. The van der Waals surface area contributed by atoms with Gasteiger partial charge in [-0.2, -0.15) is 13.2 Å². The van der Waals surface area contributed by atoms with E-state index in [0.29, 0.717) is 11.7 Å². The zero-order valence-electron chi connectivity index (χ0n) is 16.3. The molecule has 0 spiro atoms. The van der Waals surface area contributed by atoms with Crippen molar-refractivity contribution in [3.8, 4) is 11.5 Å². The lowest BCUT2D eigenvalue weighted by Gasteiger charge is -2.13. The summed E-state index contributed by atoms with van der Waals surface area (Å²) < 4.78 is 48.6. The first-order valence-corrected chi connectivity index (χ1v) is 9.93. The number of anilines is 1. The molecule has 1 amide bonds. The molecular formula is C19H18F3N5O3S. The minimum atomic E-state index is -4.48. The van der Waals surface area contributed by atoms with Gasteiger partial charge in [0.2, 0.25) is 11.1 Å². The summed E-state index contributed by atoms with van der Waals surface area (Å²) in [7, 11) is 1.58. The van der Waals surface area contributed by atoms with E-state index in [0.717, 1.165) is 23.1 Å². The maximum absolute atomic E-state index is 12.4. The smallest absolute Gasteiger partial charge is 0.422 e. The monoisotopic (exact) mass is 453 g/mol. The molecule has 164 valence electrons. The van der Waals surface area contributed by atoms with Crippen LogP contribution in [-0.2, 0) is 11.3 Å². The number of para-hydroxylation sites is 2. The highest BCUT2D eigenvalue weighted by atomic mass is 32.2. The van der Waals surface area contributed by atoms with Crippen LogP contribution in [0.3, 0.4) is 0 Å². The van der Waals surface area contributed by atoms with Crippen LogP contribution >= 0.6 is 11.8 Å². The fourth-order valence-corrected chi connectivity index (χ4v) is 3.15. The van der Waals surface area contributed by atoms with Gasteiger partial charge in [-0.15, -0.1) is 5.10 Å². The summed E-state index contributed by atoms with van der Waals surface area (Å²) in [6.45, 7) is -1.05. The van der Waals surface area contributed by atoms with Gasteiger partial charge in [-0.3, -0.25) is 4.79 Å². The first-order valence-electron chi connectivity index (χ1n) is 8.94. The van der Waals surface area contributed by atoms with E-state index in [1.54, 1.807) is 17.9 Å². The Morgan fingerprint density at radius 3 is 2.61 bits per heavy atom. The second-order valence-electron chi connectivity index (χ2n) is 6.20. The van der Waals surface area contributed by atoms with Gasteiger partial charge in [0, 0.05) is 0 Å². The molecule has 2 aromatic carbocycles. The SMILES string of the molecule is COc1ccc(Cn2nnnc2SCC(=O)Nc2ccccc2OCC(F)(F)F)cc1. The minimum Gasteiger partial charge on any atom is -0.497 e. The lowest BCUT2D eigenvalue weighted by atomic mass is 10.2. The summed E-state index contributed by atoms with van der Waals surface area (Å²) in [5.74, 6) is 0.178. The molecule has 0 unspecified atom stereocenters. The van der Waals surface area contributed by atoms with Crippen molar-refractivity contribution < 1.29 is 27.4 Å². The third kappa shape index (κ3) is 6.88. The minimum absolute atomic E-state index is 0.0450. The van der Waals surface area contributed by atoms with Crippen LogP contribution in [0.1, 0.15) is 5.56 Å². The fraction of sp³-hybridized carbons (Fsp3) is 0.263. The van der Waals surface area contributed by atoms with Gasteiger partial charge in [0.25, 0.3) is 0 Å². The molecule has 1 aromatic heterocycles. The topological polar surface area (TPSA) is 91.2 Å². The van der Waals surface area contributed by atoms with E-state index in [9.17, 15) is 18.0 Å². The Hall–Kier alpha value is -3.28. The number of methoxy groups -OCH3 is 1. The number of rotatable bonds is 9. The van der Waals surface area contributed by atoms with Gasteiger partial charge < -0.3 is 14.8 Å². The molecule has 0 atom stereocenters. The Bertz CT molecular complexity index is 1010. The number of carbonyl (C=O) groups excluding carboxylic acids is 1. The standard InChI is InChI=1S/C19H18F3N5O3S/c1-29-14-8-6-13(7-9-14)10-27-18(24-25-26-27)31-11-17(28)23-15-4-2-3-5-16(15)30-12-19(20,21)22/h2-9H,10-12H2,1H3,(H,23,28). The predicted molar refractivity (Wildman–Crippen MR) is 107 cm³/mol. The number of nitrogens with zero attached hydrogens (tertiary/aromatic N) is 4. The largest absolute Gasteiger partial charge is 0.497 e. The van der Waals surface area contributed by atoms with Crippen molar-refractivity contribution in [2.45, 2.75) is 17.9 Å². The number of ether oxygens (including phenoxy) is 2. The Labute approximate surface area is 179 Å². The number of tetrazole rings is 1. The molecule has 12 heteroatoms. The number of thioether (sulfide) groups is 1. The third-order valence-corrected chi connectivity index (χ3v) is 4.83. The number of hydrogen-bond donors (Lipinski definition) is 1. The van der Waals surface area contributed by atoms with E-state index in [-0.39, 0.29) is 17.2 Å². The van der Waals surface area contributed by atoms with Crippen molar-refractivity contribution >= 4 is 23.4 Å². The van der Waals surface area contributed by atoms with Crippen LogP contribution in [0.2, 0.25) is 0 Å². The van der Waals surface area contributed by atoms with Crippen molar-refractivity contribution in [3.63, 3.8) is 0 Å². The van der Waals surface area contributed by atoms with Gasteiger partial charge in [0.05, 0.1) is 25.1 Å². The first-order chi connectivity index (χ1) is 14.8. The van der Waals surface area contributed by atoms with Crippen LogP contribution in [0.25, 0.3) is 0 Å². The van der Waals surface area contributed by atoms with Gasteiger partial charge >= 0.3 is 6.18 Å². The van der Waals surface area contributed by atoms with Gasteiger partial charge in [-0.1, -0.05) is 36.0 Å². The lowest BCUT2D eigenvalue weighted by molar-refractivity contribution is -0.153. The van der Waals surface area contributed by atoms with Gasteiger partial charge in [-0.05, 0) is 40.3 Å². The molecule has 0 aliphatic carbocycles. The van der Waals surface area contributed by atoms with Crippen molar-refractivity contribution in [3.05, 3.63) is 54.1 Å². The Balaban J connectivity index is 1.57. The summed E-state index contributed by atoms with van der Waals surface area (Å²) in [5, 5.41) is 14.4. The van der Waals surface area contributed by atoms with Crippen LogP contribution < -0.4 is 14.8 Å². The molecule has 31 heavy (non-hydrogen) atoms. The number of alkyl halides is 3. The van der Waals surface area contributed by atoms with Crippen molar-refractivity contribution in [1.82, 2.24) is 20.2 Å². The first kappa shape index (κ1) is 22.4. The Morgan fingerprint density at radius 2 is 1.90 bits per heavy atom. The summed E-state index contributed by atoms with van der Waals surface area (Å²) in [6, 6.07) is 13.3. The molecule has 8 nitrogen and oxygen atoms in total. The van der Waals surface area contributed by atoms with Crippen LogP contribution in [0.5, 0.6) is 11.5 Å². The molecule has 3 rings (SSSR count). The predicted octanol–water partition coefficient (Wildman–Crippen LogP) is 3.40. The van der Waals surface area contributed by atoms with Crippen LogP contribution in [0, 0.1) is 0 Å². The summed E-state index contributed by atoms with van der Waals surface area (Å²) in [4.78, 5) is 12.3. The van der Waals surface area contributed by atoms with Crippen LogP contribution in [0.4, 0.5) is 18.9 Å². The molecule has 0 aliphatic heterocycles. The van der Waals surface area contributed by atoms with Crippen LogP contribution in [0.15, 0.2) is 53.7 Å². The highest BCUT2D eigenvalue weighted by molar-refractivity contribution is 7.99. The molecule has 1 heterocycles. The second kappa shape index (κ2) is 10.2. The van der Waals surface area contributed by atoms with Crippen LogP contribution in [-0.4, -0.2) is 51.8 Å². The zero-order valence-corrected chi connectivity index (χ0v) is 17.1. The fourth-order valence-electron chi connectivity index (χ4n) is 2.47. The number of aromatic nitrogens is 4. The molecule has 0 radical (unpaired) electrons. The number of halogens is 3. The summed E-state index contributed by atoms with van der Waals surface area (Å²) >= 11 is 1.10. The van der Waals surface area contributed by atoms with E-state index in [1.807, 2.05) is 24.3 Å². The summed E-state index contributed by atoms with van der Waals surface area (Å²) in [6.07, 6.45) is -4.48. The molecule has 3 aromatic rings. The van der Waals surface area contributed by atoms with E-state index < -0.39 is 18.7 Å². The second-order valence-corrected chi connectivity index (χ2v) is 7.15. The van der Waals surface area contributed by atoms with E-state index >= 15 is 0 Å². The highest BCUT2D eigenvalue weighted by Crippen LogP contribution is 2.27.